The van der Waals surface area contributed by atoms with Crippen molar-refractivity contribution in [1.82, 2.24) is 39.0 Å². The van der Waals surface area contributed by atoms with E-state index in [0.29, 0.717) is 13.1 Å². The average molecular weight is 835 g/mol. The number of nitrogens with zero attached hydrogens (tertiary/aromatic N) is 6. The Kier molecular flexibility index (Phi) is 9.79. The number of imidazole rings is 2. The molecule has 6 aromatic carbocycles. The van der Waals surface area contributed by atoms with E-state index in [1.807, 2.05) is 37.4 Å². The molecule has 0 saturated heterocycles. The topological polar surface area (TPSA) is 145 Å². The summed E-state index contributed by atoms with van der Waals surface area (Å²) in [5, 5.41) is 4.60. The van der Waals surface area contributed by atoms with Crippen LogP contribution >= 0.6 is 0 Å². The van der Waals surface area contributed by atoms with E-state index in [0.717, 1.165) is 90.2 Å². The van der Waals surface area contributed by atoms with E-state index in [9.17, 15) is 0 Å². The first-order valence-corrected chi connectivity index (χ1v) is 21.7. The normalized spacial score (nSPS) is 11.7. The number of nitrogens with one attached hydrogen (secondary N) is 2. The predicted molar refractivity (Wildman–Crippen MR) is 262 cm³/mol. The lowest BCUT2D eigenvalue weighted by Crippen LogP contribution is -2.04. The summed E-state index contributed by atoms with van der Waals surface area (Å²) in [6, 6.07) is 43.2. The van der Waals surface area contributed by atoms with Crippen LogP contribution in [0.1, 0.15) is 22.3 Å². The van der Waals surface area contributed by atoms with Crippen molar-refractivity contribution in [3.63, 3.8) is 0 Å². The SMILES string of the molecule is Cc1cc(CCN)ccc1-n1cnc2cnc3ccc(-c4ccc5[nH]ccc5c4)cc3c21.Cc1cc(CCN)ccc1-n1cnc2cnc3ccc(-c4ccc5[nH]ccc5c4)cc3c21. The van der Waals surface area contributed by atoms with Gasteiger partial charge in [0.1, 0.15) is 23.7 Å². The second-order valence-electron chi connectivity index (χ2n) is 16.6. The third kappa shape index (κ3) is 6.95. The molecule has 0 amide bonds. The number of pyridine rings is 2. The molecule has 12 rings (SSSR count). The van der Waals surface area contributed by atoms with Crippen LogP contribution in [-0.2, 0) is 12.8 Å². The fraction of sp³-hybridized carbons (Fsp3) is 0.111. The van der Waals surface area contributed by atoms with Gasteiger partial charge in [-0.2, -0.15) is 0 Å². The number of hydrogen-bond acceptors (Lipinski definition) is 6. The first kappa shape index (κ1) is 39.0. The van der Waals surface area contributed by atoms with Gasteiger partial charge in [-0.3, -0.25) is 19.1 Å². The van der Waals surface area contributed by atoms with E-state index in [1.165, 1.54) is 44.2 Å². The maximum atomic E-state index is 5.74. The van der Waals surface area contributed by atoms with Gasteiger partial charge < -0.3 is 21.4 Å². The van der Waals surface area contributed by atoms with Crippen molar-refractivity contribution in [3.05, 3.63) is 181 Å². The van der Waals surface area contributed by atoms with Crippen LogP contribution in [0.4, 0.5) is 0 Å². The van der Waals surface area contributed by atoms with E-state index in [1.54, 1.807) is 0 Å². The highest BCUT2D eigenvalue weighted by atomic mass is 15.1. The maximum Gasteiger partial charge on any atom is 0.108 e. The number of aromatic nitrogens is 8. The molecule has 64 heavy (non-hydrogen) atoms. The molecule has 6 aromatic heterocycles. The third-order valence-corrected chi connectivity index (χ3v) is 12.4. The van der Waals surface area contributed by atoms with Gasteiger partial charge in [0.25, 0.3) is 0 Å². The number of rotatable bonds is 8. The molecule has 0 atom stereocenters. The van der Waals surface area contributed by atoms with Crippen molar-refractivity contribution in [1.29, 1.82) is 0 Å². The van der Waals surface area contributed by atoms with E-state index in [-0.39, 0.29) is 0 Å². The third-order valence-electron chi connectivity index (χ3n) is 12.4. The van der Waals surface area contributed by atoms with Crippen LogP contribution in [0.3, 0.4) is 0 Å². The molecule has 6 N–H and O–H groups in total. The molecule has 0 saturated carbocycles. The van der Waals surface area contributed by atoms with Crippen molar-refractivity contribution in [2.75, 3.05) is 13.1 Å². The standard InChI is InChI=1S/2C27H23N5/c2*1-17-12-18(8-10-28)2-7-26(17)32-16-31-25-15-30-24-6-4-20(14-22(24)27(25)32)19-3-5-23-21(13-19)9-11-29-23/h2*2-7,9,11-16,29H,8,10,28H2,1H3. The van der Waals surface area contributed by atoms with E-state index in [2.05, 4.69) is 174 Å². The van der Waals surface area contributed by atoms with Crippen LogP contribution in [0.15, 0.2) is 159 Å². The monoisotopic (exact) mass is 834 g/mol. The van der Waals surface area contributed by atoms with Gasteiger partial charge >= 0.3 is 0 Å². The summed E-state index contributed by atoms with van der Waals surface area (Å²) in [6.07, 6.45) is 13.2. The van der Waals surface area contributed by atoms with Gasteiger partial charge in [-0.05, 0) is 168 Å². The molecule has 0 unspecified atom stereocenters. The fourth-order valence-corrected chi connectivity index (χ4v) is 9.20. The Balaban J connectivity index is 0.000000143. The molecular weight excluding hydrogens is 789 g/mol. The van der Waals surface area contributed by atoms with Gasteiger partial charge in [0.15, 0.2) is 0 Å². The molecule has 12 aromatic rings. The number of hydrogen-bond donors (Lipinski definition) is 4. The van der Waals surface area contributed by atoms with Gasteiger partial charge in [0, 0.05) is 34.2 Å². The van der Waals surface area contributed by atoms with E-state index < -0.39 is 0 Å². The average Bonchev–Trinajstić information content (AvgIpc) is 4.16. The minimum Gasteiger partial charge on any atom is -0.361 e. The van der Waals surface area contributed by atoms with Crippen LogP contribution in [-0.4, -0.2) is 52.1 Å². The van der Waals surface area contributed by atoms with Crippen molar-refractivity contribution >= 4 is 65.7 Å². The molecule has 0 bridgehead atoms. The quantitative estimate of drug-likeness (QED) is 0.120. The van der Waals surface area contributed by atoms with E-state index >= 15 is 0 Å². The lowest BCUT2D eigenvalue weighted by atomic mass is 10.0. The number of benzene rings is 6. The summed E-state index contributed by atoms with van der Waals surface area (Å²) >= 11 is 0. The summed E-state index contributed by atoms with van der Waals surface area (Å²) < 4.78 is 4.36. The van der Waals surface area contributed by atoms with Crippen molar-refractivity contribution < 1.29 is 0 Å². The summed E-state index contributed by atoms with van der Waals surface area (Å²) in [5.41, 5.74) is 31.5. The summed E-state index contributed by atoms with van der Waals surface area (Å²) in [7, 11) is 0. The second-order valence-corrected chi connectivity index (χ2v) is 16.6. The lowest BCUT2D eigenvalue weighted by molar-refractivity contribution is 0.962. The van der Waals surface area contributed by atoms with Crippen molar-refractivity contribution in [3.8, 4) is 33.6 Å². The van der Waals surface area contributed by atoms with Gasteiger partial charge in [-0.25, -0.2) is 9.97 Å². The highest BCUT2D eigenvalue weighted by Crippen LogP contribution is 2.34. The van der Waals surface area contributed by atoms with Crippen LogP contribution in [0, 0.1) is 13.8 Å². The number of aromatic amines is 2. The second kappa shape index (κ2) is 16.1. The van der Waals surface area contributed by atoms with Gasteiger partial charge in [-0.15, -0.1) is 0 Å². The number of aryl methyl sites for hydroxylation is 2. The molecule has 6 heterocycles. The largest absolute Gasteiger partial charge is 0.361 e. The first-order valence-electron chi connectivity index (χ1n) is 21.7. The summed E-state index contributed by atoms with van der Waals surface area (Å²) in [4.78, 5) is 25.2. The Hall–Kier alpha value is -7.92. The minimum atomic E-state index is 0.653. The summed E-state index contributed by atoms with van der Waals surface area (Å²) in [5.74, 6) is 0. The highest BCUT2D eigenvalue weighted by molar-refractivity contribution is 6.06. The zero-order valence-corrected chi connectivity index (χ0v) is 35.7. The van der Waals surface area contributed by atoms with Crippen LogP contribution < -0.4 is 11.5 Å². The maximum absolute atomic E-state index is 5.74. The lowest BCUT2D eigenvalue weighted by Gasteiger charge is -2.12. The molecule has 0 aliphatic rings. The molecule has 0 spiro atoms. The van der Waals surface area contributed by atoms with Gasteiger partial charge in [0.2, 0.25) is 0 Å². The number of H-pyrrole nitrogens is 2. The Morgan fingerprint density at radius 2 is 0.891 bits per heavy atom. The predicted octanol–water partition coefficient (Wildman–Crippen LogP) is 11.1. The van der Waals surface area contributed by atoms with Gasteiger partial charge in [-0.1, -0.05) is 48.5 Å². The summed E-state index contributed by atoms with van der Waals surface area (Å²) in [6.45, 7) is 5.59. The molecule has 0 radical (unpaired) electrons. The molecule has 10 heteroatoms. The van der Waals surface area contributed by atoms with Crippen molar-refractivity contribution in [2.24, 2.45) is 11.5 Å². The zero-order valence-electron chi connectivity index (χ0n) is 35.7. The molecule has 10 nitrogen and oxygen atoms in total. The van der Waals surface area contributed by atoms with Crippen molar-refractivity contribution in [2.45, 2.75) is 26.7 Å². The molecule has 312 valence electrons. The first-order chi connectivity index (χ1) is 31.4. The Morgan fingerprint density at radius 3 is 1.33 bits per heavy atom. The molecule has 0 fully saturated rings. The highest BCUT2D eigenvalue weighted by Gasteiger charge is 2.15. The minimum absolute atomic E-state index is 0.653. The van der Waals surface area contributed by atoms with Crippen LogP contribution in [0.2, 0.25) is 0 Å². The Bertz CT molecular complexity index is 3450. The van der Waals surface area contributed by atoms with E-state index in [4.69, 9.17) is 11.5 Å². The fourth-order valence-electron chi connectivity index (χ4n) is 9.20. The van der Waals surface area contributed by atoms with Crippen LogP contribution in [0.5, 0.6) is 0 Å². The molecular formula is C54H46N10. The Labute approximate surface area is 369 Å². The zero-order chi connectivity index (χ0) is 43.3. The smallest absolute Gasteiger partial charge is 0.108 e. The molecule has 0 aliphatic carbocycles. The Morgan fingerprint density at radius 1 is 0.453 bits per heavy atom. The number of nitrogens with two attached hydrogens (primary N) is 2. The number of fused-ring (bicyclic) bond motifs is 8. The van der Waals surface area contributed by atoms with Gasteiger partial charge in [0.05, 0.1) is 45.8 Å². The van der Waals surface area contributed by atoms with Crippen LogP contribution in [0.25, 0.3) is 99.3 Å². The molecule has 0 aliphatic heterocycles.